The number of benzene rings is 1. The fourth-order valence-electron chi connectivity index (χ4n) is 2.84. The van der Waals surface area contributed by atoms with Crippen LogP contribution in [0.4, 0.5) is 0 Å². The summed E-state index contributed by atoms with van der Waals surface area (Å²) in [5.41, 5.74) is 2.27. The molecule has 2 unspecified atom stereocenters. The summed E-state index contributed by atoms with van der Waals surface area (Å²) < 4.78 is 0. The molecular formula is C14H18O2. The first-order valence-corrected chi connectivity index (χ1v) is 6.04. The molecule has 2 heteroatoms. The highest BCUT2D eigenvalue weighted by atomic mass is 16.4. The lowest BCUT2D eigenvalue weighted by molar-refractivity contribution is -0.140. The van der Waals surface area contributed by atoms with Gasteiger partial charge in [0.15, 0.2) is 0 Å². The maximum atomic E-state index is 11.4. The monoisotopic (exact) mass is 218 g/mol. The minimum absolute atomic E-state index is 0.287. The van der Waals surface area contributed by atoms with Crippen molar-refractivity contribution in [2.45, 2.75) is 38.5 Å². The third kappa shape index (κ3) is 1.97. The van der Waals surface area contributed by atoms with Crippen molar-refractivity contribution in [2.24, 2.45) is 5.92 Å². The lowest BCUT2D eigenvalue weighted by atomic mass is 9.73. The molecule has 1 aromatic carbocycles. The Morgan fingerprint density at radius 3 is 2.88 bits per heavy atom. The van der Waals surface area contributed by atoms with Crippen molar-refractivity contribution in [1.82, 2.24) is 0 Å². The number of hydrogen-bond acceptors (Lipinski definition) is 1. The van der Waals surface area contributed by atoms with Crippen molar-refractivity contribution in [3.05, 3.63) is 35.4 Å². The van der Waals surface area contributed by atoms with E-state index in [-0.39, 0.29) is 5.92 Å². The molecule has 1 aliphatic rings. The first kappa shape index (κ1) is 11.2. The number of carbonyl (C=O) groups is 1. The molecule has 0 amide bonds. The zero-order valence-electron chi connectivity index (χ0n) is 9.65. The predicted molar refractivity (Wildman–Crippen MR) is 63.5 cm³/mol. The summed E-state index contributed by atoms with van der Waals surface area (Å²) >= 11 is 0. The fourth-order valence-corrected chi connectivity index (χ4v) is 2.84. The first-order chi connectivity index (χ1) is 7.74. The van der Waals surface area contributed by atoms with Gasteiger partial charge in [0.1, 0.15) is 0 Å². The molecule has 16 heavy (non-hydrogen) atoms. The Hall–Kier alpha value is -1.31. The smallest absolute Gasteiger partial charge is 0.311 e. The largest absolute Gasteiger partial charge is 0.481 e. The molecule has 0 saturated heterocycles. The fraction of sp³-hybridized carbons (Fsp3) is 0.500. The average Bonchev–Trinajstić information content (AvgIpc) is 2.28. The summed E-state index contributed by atoms with van der Waals surface area (Å²) in [6, 6.07) is 7.99. The molecule has 2 rings (SSSR count). The molecule has 0 saturated carbocycles. The van der Waals surface area contributed by atoms with Crippen molar-refractivity contribution in [2.75, 3.05) is 0 Å². The van der Waals surface area contributed by atoms with Crippen LogP contribution >= 0.6 is 0 Å². The molecule has 1 aromatic rings. The van der Waals surface area contributed by atoms with Gasteiger partial charge in [0.2, 0.25) is 0 Å². The number of fused-ring (bicyclic) bond motifs is 1. The van der Waals surface area contributed by atoms with Crippen molar-refractivity contribution in [1.29, 1.82) is 0 Å². The number of carboxylic acid groups (broad SMARTS) is 1. The van der Waals surface area contributed by atoms with Gasteiger partial charge in [0.05, 0.1) is 5.92 Å². The Morgan fingerprint density at radius 2 is 2.19 bits per heavy atom. The second-order valence-electron chi connectivity index (χ2n) is 4.60. The van der Waals surface area contributed by atoms with Gasteiger partial charge in [-0.15, -0.1) is 0 Å². The second kappa shape index (κ2) is 4.69. The number of rotatable bonds is 3. The van der Waals surface area contributed by atoms with E-state index in [0.29, 0.717) is 5.92 Å². The van der Waals surface area contributed by atoms with E-state index in [1.807, 2.05) is 18.2 Å². The van der Waals surface area contributed by atoms with Gasteiger partial charge in [-0.3, -0.25) is 4.79 Å². The molecule has 1 N–H and O–H groups in total. The summed E-state index contributed by atoms with van der Waals surface area (Å²) in [5, 5.41) is 9.38. The van der Waals surface area contributed by atoms with E-state index < -0.39 is 5.97 Å². The van der Waals surface area contributed by atoms with Crippen LogP contribution in [0.15, 0.2) is 24.3 Å². The lowest BCUT2D eigenvalue weighted by Crippen LogP contribution is -2.27. The Bertz CT molecular complexity index is 384. The van der Waals surface area contributed by atoms with Crippen LogP contribution in [0.2, 0.25) is 0 Å². The Balaban J connectivity index is 2.35. The molecule has 2 nitrogen and oxygen atoms in total. The van der Waals surface area contributed by atoms with E-state index >= 15 is 0 Å². The zero-order chi connectivity index (χ0) is 11.5. The SMILES string of the molecule is CCCC1CCc2ccccc2C1C(=O)O. The molecule has 0 radical (unpaired) electrons. The van der Waals surface area contributed by atoms with Gasteiger partial charge >= 0.3 is 5.97 Å². The van der Waals surface area contributed by atoms with E-state index in [4.69, 9.17) is 0 Å². The van der Waals surface area contributed by atoms with Crippen molar-refractivity contribution in [3.8, 4) is 0 Å². The third-order valence-corrected chi connectivity index (χ3v) is 3.57. The first-order valence-electron chi connectivity index (χ1n) is 6.04. The molecule has 0 fully saturated rings. The van der Waals surface area contributed by atoms with Crippen LogP contribution < -0.4 is 0 Å². The minimum Gasteiger partial charge on any atom is -0.481 e. The lowest BCUT2D eigenvalue weighted by Gasteiger charge is -2.30. The van der Waals surface area contributed by atoms with Crippen molar-refractivity contribution in [3.63, 3.8) is 0 Å². The second-order valence-corrected chi connectivity index (χ2v) is 4.60. The average molecular weight is 218 g/mol. The Morgan fingerprint density at radius 1 is 1.44 bits per heavy atom. The van der Waals surface area contributed by atoms with Crippen molar-refractivity contribution >= 4 is 5.97 Å². The standard InChI is InChI=1S/C14H18O2/c1-2-5-11-9-8-10-6-3-4-7-12(10)13(11)14(15)16/h3-4,6-7,11,13H,2,5,8-9H2,1H3,(H,15,16). The number of aryl methyl sites for hydroxylation is 1. The van der Waals surface area contributed by atoms with Crippen LogP contribution in [0.1, 0.15) is 43.2 Å². The third-order valence-electron chi connectivity index (χ3n) is 3.57. The number of hydrogen-bond donors (Lipinski definition) is 1. The summed E-state index contributed by atoms with van der Waals surface area (Å²) in [7, 11) is 0. The topological polar surface area (TPSA) is 37.3 Å². The highest BCUT2D eigenvalue weighted by Gasteiger charge is 2.33. The molecule has 0 spiro atoms. The van der Waals surface area contributed by atoms with Gasteiger partial charge in [-0.05, 0) is 36.3 Å². The normalized spacial score (nSPS) is 23.8. The Labute approximate surface area is 96.3 Å². The maximum absolute atomic E-state index is 11.4. The van der Waals surface area contributed by atoms with Gasteiger partial charge in [-0.2, -0.15) is 0 Å². The highest BCUT2D eigenvalue weighted by molar-refractivity contribution is 5.77. The van der Waals surface area contributed by atoms with E-state index in [1.165, 1.54) is 5.56 Å². The van der Waals surface area contributed by atoms with E-state index in [2.05, 4.69) is 13.0 Å². The van der Waals surface area contributed by atoms with E-state index in [1.54, 1.807) is 0 Å². The molecule has 1 aliphatic carbocycles. The van der Waals surface area contributed by atoms with Gasteiger partial charge < -0.3 is 5.11 Å². The summed E-state index contributed by atoms with van der Waals surface area (Å²) in [6.45, 7) is 2.12. The summed E-state index contributed by atoms with van der Waals surface area (Å²) in [5.74, 6) is -0.632. The van der Waals surface area contributed by atoms with Crippen LogP contribution in [-0.2, 0) is 11.2 Å². The van der Waals surface area contributed by atoms with Gasteiger partial charge in [-0.1, -0.05) is 37.6 Å². The highest BCUT2D eigenvalue weighted by Crippen LogP contribution is 2.38. The molecule has 86 valence electrons. The number of carboxylic acids is 1. The molecule has 0 heterocycles. The van der Waals surface area contributed by atoms with E-state index in [0.717, 1.165) is 31.2 Å². The number of aliphatic carboxylic acids is 1. The zero-order valence-corrected chi connectivity index (χ0v) is 9.65. The van der Waals surface area contributed by atoms with Crippen LogP contribution in [0.5, 0.6) is 0 Å². The van der Waals surface area contributed by atoms with Gasteiger partial charge in [-0.25, -0.2) is 0 Å². The molecule has 0 aromatic heterocycles. The minimum atomic E-state index is -0.661. The quantitative estimate of drug-likeness (QED) is 0.845. The molecule has 2 atom stereocenters. The predicted octanol–water partition coefficient (Wildman–Crippen LogP) is 3.22. The summed E-state index contributed by atoms with van der Waals surface area (Å²) in [4.78, 5) is 11.4. The van der Waals surface area contributed by atoms with E-state index in [9.17, 15) is 9.90 Å². The van der Waals surface area contributed by atoms with Crippen LogP contribution in [0.25, 0.3) is 0 Å². The maximum Gasteiger partial charge on any atom is 0.311 e. The molecular weight excluding hydrogens is 200 g/mol. The van der Waals surface area contributed by atoms with Crippen LogP contribution in [0, 0.1) is 5.92 Å². The van der Waals surface area contributed by atoms with Crippen molar-refractivity contribution < 1.29 is 9.90 Å². The summed E-state index contributed by atoms with van der Waals surface area (Å²) in [6.07, 6.45) is 4.13. The van der Waals surface area contributed by atoms with Gasteiger partial charge in [0.25, 0.3) is 0 Å². The van der Waals surface area contributed by atoms with Crippen LogP contribution in [-0.4, -0.2) is 11.1 Å². The molecule has 0 bridgehead atoms. The Kier molecular flexibility index (Phi) is 3.28. The van der Waals surface area contributed by atoms with Gasteiger partial charge in [0, 0.05) is 0 Å². The van der Waals surface area contributed by atoms with Crippen LogP contribution in [0.3, 0.4) is 0 Å². The molecule has 0 aliphatic heterocycles.